The van der Waals surface area contributed by atoms with E-state index < -0.39 is 12.0 Å². The Kier molecular flexibility index (Phi) is 7.19. The van der Waals surface area contributed by atoms with E-state index in [0.717, 1.165) is 47.8 Å². The van der Waals surface area contributed by atoms with Crippen molar-refractivity contribution >= 4 is 46.1 Å². The van der Waals surface area contributed by atoms with E-state index in [9.17, 15) is 19.7 Å². The first-order valence-corrected chi connectivity index (χ1v) is 15.3. The molecule has 12 heteroatoms. The van der Waals surface area contributed by atoms with E-state index in [-0.39, 0.29) is 16.2 Å². The molecule has 1 saturated heterocycles. The molecule has 0 aliphatic carbocycles. The second kappa shape index (κ2) is 10.8. The summed E-state index contributed by atoms with van der Waals surface area (Å²) < 4.78 is 9.08. The number of methoxy groups -OCH3 is 1. The van der Waals surface area contributed by atoms with Crippen LogP contribution in [0, 0.1) is 24.0 Å². The summed E-state index contributed by atoms with van der Waals surface area (Å²) in [6.45, 7) is 7.26. The molecule has 0 N–H and O–H groups in total. The van der Waals surface area contributed by atoms with Gasteiger partial charge in [-0.25, -0.2) is 9.79 Å². The van der Waals surface area contributed by atoms with Crippen molar-refractivity contribution in [1.82, 2.24) is 9.13 Å². The fraction of sp³-hybridized carbons (Fsp3) is 0.300. The zero-order valence-electron chi connectivity index (χ0n) is 23.6. The molecule has 0 bridgehead atoms. The standard InChI is InChI=1S/C30H29N5O5S2/c1-17-14-20(19(3)33(17)21-9-10-22(23(16-21)35(38)39)32-11-5-6-12-32)15-25-28(36)34-27(24-8-7-13-41-24)26(29(37)40-4)18(2)31-30(34)42-25/h7-10,13-16,27H,5-6,11-12H2,1-4H3. The number of nitro benzene ring substituents is 1. The maximum atomic E-state index is 13.9. The van der Waals surface area contributed by atoms with Crippen LogP contribution >= 0.6 is 22.7 Å². The summed E-state index contributed by atoms with van der Waals surface area (Å²) in [5, 5.41) is 13.9. The quantitative estimate of drug-likeness (QED) is 0.184. The highest BCUT2D eigenvalue weighted by Gasteiger charge is 2.33. The maximum absolute atomic E-state index is 13.9. The van der Waals surface area contributed by atoms with Crippen LogP contribution in [0.15, 0.2) is 62.8 Å². The summed E-state index contributed by atoms with van der Waals surface area (Å²) in [7, 11) is 1.32. The fourth-order valence-electron chi connectivity index (χ4n) is 5.90. The molecule has 3 aromatic heterocycles. The third-order valence-electron chi connectivity index (χ3n) is 7.86. The molecule has 5 heterocycles. The van der Waals surface area contributed by atoms with Crippen molar-refractivity contribution < 1.29 is 14.5 Å². The number of thiazole rings is 1. The van der Waals surface area contributed by atoms with Crippen LogP contribution < -0.4 is 19.8 Å². The molecule has 0 amide bonds. The van der Waals surface area contributed by atoms with Crippen molar-refractivity contribution in [2.24, 2.45) is 4.99 Å². The van der Waals surface area contributed by atoms with Crippen LogP contribution in [0.25, 0.3) is 11.8 Å². The third-order valence-corrected chi connectivity index (χ3v) is 9.76. The number of allylic oxidation sites excluding steroid dienone is 1. The van der Waals surface area contributed by atoms with Gasteiger partial charge in [0.15, 0.2) is 4.80 Å². The van der Waals surface area contributed by atoms with Crippen molar-refractivity contribution in [1.29, 1.82) is 0 Å². The van der Waals surface area contributed by atoms with Crippen LogP contribution in [0.5, 0.6) is 0 Å². The molecule has 10 nitrogen and oxygen atoms in total. The number of carbonyl (C=O) groups excluding carboxylic acids is 1. The number of nitrogens with zero attached hydrogens (tertiary/aromatic N) is 5. The number of benzene rings is 1. The predicted octanol–water partition coefficient (Wildman–Crippen LogP) is 4.39. The average molecular weight is 604 g/mol. The van der Waals surface area contributed by atoms with Gasteiger partial charge in [-0.15, -0.1) is 11.3 Å². The van der Waals surface area contributed by atoms with Gasteiger partial charge in [-0.1, -0.05) is 17.4 Å². The molecule has 1 unspecified atom stereocenters. The van der Waals surface area contributed by atoms with Gasteiger partial charge in [0.05, 0.1) is 33.5 Å². The molecule has 6 rings (SSSR count). The summed E-state index contributed by atoms with van der Waals surface area (Å²) in [5.74, 6) is -0.516. The molecule has 2 aliphatic rings. The Morgan fingerprint density at radius 2 is 1.93 bits per heavy atom. The number of carbonyl (C=O) groups is 1. The fourth-order valence-corrected chi connectivity index (χ4v) is 7.76. The molecule has 1 atom stereocenters. The summed E-state index contributed by atoms with van der Waals surface area (Å²) in [6.07, 6.45) is 3.89. The van der Waals surface area contributed by atoms with Crippen LogP contribution in [0.3, 0.4) is 0 Å². The largest absolute Gasteiger partial charge is 0.466 e. The molecule has 1 aromatic carbocycles. The minimum Gasteiger partial charge on any atom is -0.466 e. The van der Waals surface area contributed by atoms with E-state index in [1.165, 1.54) is 29.8 Å². The molecule has 42 heavy (non-hydrogen) atoms. The number of thiophene rings is 1. The smallest absolute Gasteiger partial charge is 0.338 e. The summed E-state index contributed by atoms with van der Waals surface area (Å²) in [4.78, 5) is 46.4. The molecule has 0 spiro atoms. The van der Waals surface area contributed by atoms with Gasteiger partial charge in [-0.3, -0.25) is 19.5 Å². The first-order valence-electron chi connectivity index (χ1n) is 13.6. The number of esters is 1. The molecule has 216 valence electrons. The van der Waals surface area contributed by atoms with Crippen molar-refractivity contribution in [3.63, 3.8) is 0 Å². The van der Waals surface area contributed by atoms with E-state index in [4.69, 9.17) is 4.74 Å². The Morgan fingerprint density at radius 3 is 2.60 bits per heavy atom. The van der Waals surface area contributed by atoms with Crippen LogP contribution in [-0.4, -0.2) is 40.2 Å². The number of hydrogen-bond acceptors (Lipinski definition) is 9. The lowest BCUT2D eigenvalue weighted by atomic mass is 10.0. The van der Waals surface area contributed by atoms with Crippen molar-refractivity contribution in [3.05, 3.63) is 105 Å². The van der Waals surface area contributed by atoms with E-state index in [1.54, 1.807) is 17.6 Å². The zero-order chi connectivity index (χ0) is 29.7. The van der Waals surface area contributed by atoms with Gasteiger partial charge in [0.25, 0.3) is 11.2 Å². The van der Waals surface area contributed by atoms with Crippen LogP contribution in [0.4, 0.5) is 11.4 Å². The molecule has 0 radical (unpaired) electrons. The summed E-state index contributed by atoms with van der Waals surface area (Å²) >= 11 is 2.73. The number of aryl methyl sites for hydroxylation is 1. The minimum atomic E-state index is -0.627. The monoisotopic (exact) mass is 603 g/mol. The lowest BCUT2D eigenvalue weighted by molar-refractivity contribution is -0.384. The normalized spacial score (nSPS) is 17.0. The van der Waals surface area contributed by atoms with E-state index in [0.29, 0.717) is 32.0 Å². The summed E-state index contributed by atoms with van der Waals surface area (Å²) in [5.41, 5.74) is 4.59. The van der Waals surface area contributed by atoms with E-state index in [2.05, 4.69) is 9.89 Å². The van der Waals surface area contributed by atoms with Gasteiger partial charge < -0.3 is 14.2 Å². The lowest BCUT2D eigenvalue weighted by Gasteiger charge is -2.22. The first-order chi connectivity index (χ1) is 20.2. The second-order valence-electron chi connectivity index (χ2n) is 10.4. The van der Waals surface area contributed by atoms with Gasteiger partial charge in [-0.2, -0.15) is 0 Å². The van der Waals surface area contributed by atoms with Gasteiger partial charge in [0, 0.05) is 35.4 Å². The number of rotatable bonds is 6. The summed E-state index contributed by atoms with van der Waals surface area (Å²) in [6, 6.07) is 10.5. The van der Waals surface area contributed by atoms with E-state index in [1.807, 2.05) is 60.2 Å². The Balaban J connectivity index is 1.46. The lowest BCUT2D eigenvalue weighted by Crippen LogP contribution is -2.39. The highest BCUT2D eigenvalue weighted by atomic mass is 32.1. The SMILES string of the molecule is COC(=O)C1=C(C)N=c2sc(=Cc3cc(C)n(-c4ccc(N5CCCC5)c([N+](=O)[O-])c4)c3C)c(=O)n2C1c1cccs1. The number of ether oxygens (including phenoxy) is 1. The predicted molar refractivity (Wildman–Crippen MR) is 163 cm³/mol. The van der Waals surface area contributed by atoms with Gasteiger partial charge in [-0.05, 0) is 74.9 Å². The van der Waals surface area contributed by atoms with Crippen molar-refractivity contribution in [2.75, 3.05) is 25.1 Å². The maximum Gasteiger partial charge on any atom is 0.338 e. The Bertz CT molecular complexity index is 1940. The number of fused-ring (bicyclic) bond motifs is 1. The molecule has 1 fully saturated rings. The molecule has 2 aliphatic heterocycles. The number of nitro groups is 1. The Morgan fingerprint density at radius 1 is 1.17 bits per heavy atom. The average Bonchev–Trinajstić information content (AvgIpc) is 3.77. The highest BCUT2D eigenvalue weighted by Crippen LogP contribution is 2.35. The molecule has 0 saturated carbocycles. The van der Waals surface area contributed by atoms with Crippen molar-refractivity contribution in [2.45, 2.75) is 39.7 Å². The zero-order valence-corrected chi connectivity index (χ0v) is 25.3. The number of hydrogen-bond donors (Lipinski definition) is 0. The van der Waals surface area contributed by atoms with Crippen LogP contribution in [0.2, 0.25) is 0 Å². The van der Waals surface area contributed by atoms with Crippen molar-refractivity contribution in [3.8, 4) is 5.69 Å². The number of anilines is 1. The molecule has 4 aromatic rings. The Hall–Kier alpha value is -4.29. The van der Waals surface area contributed by atoms with Crippen LogP contribution in [-0.2, 0) is 9.53 Å². The molecular formula is C30H29N5O5S2. The second-order valence-corrected chi connectivity index (χ2v) is 12.4. The van der Waals surface area contributed by atoms with Gasteiger partial charge >= 0.3 is 5.97 Å². The van der Waals surface area contributed by atoms with Gasteiger partial charge in [0.2, 0.25) is 0 Å². The minimum absolute atomic E-state index is 0.0853. The molecular weight excluding hydrogens is 574 g/mol. The van der Waals surface area contributed by atoms with Crippen LogP contribution in [0.1, 0.15) is 47.6 Å². The van der Waals surface area contributed by atoms with E-state index >= 15 is 0 Å². The third kappa shape index (κ3) is 4.60. The Labute approximate surface area is 249 Å². The topological polar surface area (TPSA) is 112 Å². The highest BCUT2D eigenvalue weighted by molar-refractivity contribution is 7.10. The van der Waals surface area contributed by atoms with Gasteiger partial charge in [0.1, 0.15) is 11.7 Å². The first kappa shape index (κ1) is 27.9. The number of aromatic nitrogens is 2.